The van der Waals surface area contributed by atoms with Gasteiger partial charge in [-0.25, -0.2) is 13.4 Å². The van der Waals surface area contributed by atoms with Crippen molar-refractivity contribution in [2.24, 2.45) is 0 Å². The van der Waals surface area contributed by atoms with Gasteiger partial charge in [0.15, 0.2) is 10.8 Å². The molecular weight excluding hydrogens is 397 g/mol. The van der Waals surface area contributed by atoms with Crippen LogP contribution in [0.1, 0.15) is 5.56 Å². The van der Waals surface area contributed by atoms with Crippen molar-refractivity contribution < 1.29 is 26.3 Å². The first-order valence-corrected chi connectivity index (χ1v) is 7.27. The Morgan fingerprint density at radius 1 is 1.47 bits per heavy atom. The quantitative estimate of drug-likeness (QED) is 0.434. The summed E-state index contributed by atoms with van der Waals surface area (Å²) in [6, 6.07) is 0.908. The Balaban J connectivity index is 3.30. The van der Waals surface area contributed by atoms with E-state index in [-0.39, 0.29) is 9.26 Å². The normalized spacial score (nSPS) is 12.6. The highest BCUT2D eigenvalue weighted by Crippen LogP contribution is 2.31. The van der Waals surface area contributed by atoms with Crippen LogP contribution in [-0.2, 0) is 9.05 Å². The van der Waals surface area contributed by atoms with Crippen molar-refractivity contribution in [3.63, 3.8) is 0 Å². The zero-order chi connectivity index (χ0) is 13.4. The van der Waals surface area contributed by atoms with Crippen LogP contribution in [0.25, 0.3) is 0 Å². The number of nitrogens with zero attached hydrogens (tertiary/aromatic N) is 1. The molecule has 1 aromatic heterocycles. The molecule has 0 atom stereocenters. The van der Waals surface area contributed by atoms with Crippen LogP contribution in [0.4, 0.5) is 13.2 Å². The van der Waals surface area contributed by atoms with Gasteiger partial charge in [-0.15, -0.1) is 13.2 Å². The lowest BCUT2D eigenvalue weighted by atomic mass is 10.3. The molecule has 0 aliphatic rings. The Morgan fingerprint density at radius 2 is 2.00 bits per heavy atom. The van der Waals surface area contributed by atoms with Gasteiger partial charge in [-0.1, -0.05) is 0 Å². The maximum Gasteiger partial charge on any atom is 0.573 e. The number of aromatic nitrogens is 1. The molecule has 1 aromatic rings. The zero-order valence-corrected chi connectivity index (χ0v) is 11.8. The van der Waals surface area contributed by atoms with E-state index >= 15 is 0 Å². The van der Waals surface area contributed by atoms with Gasteiger partial charge in [0.25, 0.3) is 9.05 Å². The number of aryl methyl sites for hydroxylation is 1. The Labute approximate surface area is 113 Å². The Kier molecular flexibility index (Phi) is 4.14. The Morgan fingerprint density at radius 3 is 2.35 bits per heavy atom. The molecule has 10 heteroatoms. The van der Waals surface area contributed by atoms with Crippen LogP contribution in [0.3, 0.4) is 0 Å². The molecule has 0 saturated carbocycles. The summed E-state index contributed by atoms with van der Waals surface area (Å²) in [5, 5.41) is -0.518. The molecule has 4 nitrogen and oxygen atoms in total. The van der Waals surface area contributed by atoms with Crippen LogP contribution in [0.15, 0.2) is 11.1 Å². The Bertz CT molecular complexity index is 523. The van der Waals surface area contributed by atoms with E-state index < -0.39 is 26.2 Å². The van der Waals surface area contributed by atoms with Crippen molar-refractivity contribution in [3.8, 4) is 5.75 Å². The van der Waals surface area contributed by atoms with Gasteiger partial charge in [0.2, 0.25) is 0 Å². The molecule has 1 rings (SSSR count). The van der Waals surface area contributed by atoms with Gasteiger partial charge in [-0.2, -0.15) is 0 Å². The molecule has 0 radical (unpaired) electrons. The van der Waals surface area contributed by atoms with Crippen molar-refractivity contribution in [2.45, 2.75) is 18.3 Å². The highest BCUT2D eigenvalue weighted by Gasteiger charge is 2.33. The monoisotopic (exact) mass is 401 g/mol. The summed E-state index contributed by atoms with van der Waals surface area (Å²) in [6.07, 6.45) is -4.87. The summed E-state index contributed by atoms with van der Waals surface area (Å²) in [5.74, 6) is -0.540. The number of halogens is 5. The van der Waals surface area contributed by atoms with E-state index in [0.29, 0.717) is 0 Å². The van der Waals surface area contributed by atoms with E-state index in [4.69, 9.17) is 10.7 Å². The smallest absolute Gasteiger partial charge is 0.403 e. The summed E-state index contributed by atoms with van der Waals surface area (Å²) < 4.78 is 61.5. The third kappa shape index (κ3) is 4.14. The highest BCUT2D eigenvalue weighted by molar-refractivity contribution is 14.1. The van der Waals surface area contributed by atoms with Gasteiger partial charge in [0, 0.05) is 10.7 Å². The van der Waals surface area contributed by atoms with E-state index in [1.54, 1.807) is 0 Å². The summed E-state index contributed by atoms with van der Waals surface area (Å²) >= 11 is 1.43. The van der Waals surface area contributed by atoms with Crippen molar-refractivity contribution in [1.29, 1.82) is 0 Å². The summed E-state index contributed by atoms with van der Waals surface area (Å²) in [4.78, 5) is 3.43. The third-order valence-electron chi connectivity index (χ3n) is 1.56. The van der Waals surface area contributed by atoms with Crippen LogP contribution in [-0.4, -0.2) is 19.8 Å². The molecule has 0 amide bonds. The lowest BCUT2D eigenvalue weighted by molar-refractivity contribution is -0.275. The maximum absolute atomic E-state index is 12.0. The summed E-state index contributed by atoms with van der Waals surface area (Å²) in [5.41, 5.74) is -0.0269. The molecule has 17 heavy (non-hydrogen) atoms. The van der Waals surface area contributed by atoms with E-state index in [1.165, 1.54) is 29.5 Å². The van der Waals surface area contributed by atoms with Crippen LogP contribution in [0, 0.1) is 10.6 Å². The predicted molar refractivity (Wildman–Crippen MR) is 61.4 cm³/mol. The number of alkyl halides is 3. The van der Waals surface area contributed by atoms with E-state index in [9.17, 15) is 21.6 Å². The van der Waals surface area contributed by atoms with Gasteiger partial charge >= 0.3 is 6.36 Å². The second kappa shape index (κ2) is 4.76. The van der Waals surface area contributed by atoms with E-state index in [1.807, 2.05) is 0 Å². The van der Waals surface area contributed by atoms with Crippen LogP contribution >= 0.6 is 33.3 Å². The molecule has 96 valence electrons. The minimum atomic E-state index is -4.87. The molecule has 1 heterocycles. The molecule has 0 spiro atoms. The minimum absolute atomic E-state index is 0.0269. The molecule has 0 fully saturated rings. The third-order valence-corrected chi connectivity index (χ3v) is 3.48. The number of rotatable bonds is 2. The van der Waals surface area contributed by atoms with Crippen LogP contribution in [0.2, 0.25) is 0 Å². The summed E-state index contributed by atoms with van der Waals surface area (Å²) in [6.45, 7) is 1.26. The fraction of sp³-hybridized carbons (Fsp3) is 0.286. The SMILES string of the molecule is Cc1cc(S(=O)(=O)Cl)nc(I)c1OC(F)(F)F. The average molecular weight is 402 g/mol. The molecule has 0 aromatic carbocycles. The lowest BCUT2D eigenvalue weighted by Crippen LogP contribution is -2.19. The van der Waals surface area contributed by atoms with Crippen molar-refractivity contribution in [2.75, 3.05) is 0 Å². The van der Waals surface area contributed by atoms with Crippen molar-refractivity contribution >= 4 is 42.3 Å². The second-order valence-corrected chi connectivity index (χ2v) is 6.42. The van der Waals surface area contributed by atoms with Gasteiger partial charge in [-0.3, -0.25) is 0 Å². The molecule has 0 saturated heterocycles. The molecule has 0 aliphatic heterocycles. The number of ether oxygens (including phenoxy) is 1. The number of pyridine rings is 1. The van der Waals surface area contributed by atoms with E-state index in [2.05, 4.69) is 9.72 Å². The maximum atomic E-state index is 12.0. The number of hydrogen-bond acceptors (Lipinski definition) is 4. The van der Waals surface area contributed by atoms with E-state index in [0.717, 1.165) is 6.07 Å². The topological polar surface area (TPSA) is 56.3 Å². The van der Waals surface area contributed by atoms with Crippen LogP contribution < -0.4 is 4.74 Å². The van der Waals surface area contributed by atoms with Crippen molar-refractivity contribution in [3.05, 3.63) is 15.3 Å². The van der Waals surface area contributed by atoms with Crippen molar-refractivity contribution in [1.82, 2.24) is 4.98 Å². The first-order chi connectivity index (χ1) is 7.50. The number of hydrogen-bond donors (Lipinski definition) is 0. The highest BCUT2D eigenvalue weighted by atomic mass is 127. The largest absolute Gasteiger partial charge is 0.573 e. The molecule has 0 N–H and O–H groups in total. The van der Waals surface area contributed by atoms with Gasteiger partial charge in [0.05, 0.1) is 0 Å². The van der Waals surface area contributed by atoms with Crippen LogP contribution in [0.5, 0.6) is 5.75 Å². The van der Waals surface area contributed by atoms with Gasteiger partial charge in [0.1, 0.15) is 3.70 Å². The molecule has 0 unspecified atom stereocenters. The Hall–Kier alpha value is -0.290. The standard InChI is InChI=1S/C7H4ClF3INO3S/c1-3-2-4(17(8,14)15)13-6(12)5(3)16-7(9,10)11/h2H,1H3. The lowest BCUT2D eigenvalue weighted by Gasteiger charge is -2.13. The first kappa shape index (κ1) is 14.8. The molecule has 0 aliphatic carbocycles. The fourth-order valence-electron chi connectivity index (χ4n) is 0.956. The first-order valence-electron chi connectivity index (χ1n) is 3.88. The predicted octanol–water partition coefficient (Wildman–Crippen LogP) is 2.82. The van der Waals surface area contributed by atoms with Gasteiger partial charge < -0.3 is 4.74 Å². The fourth-order valence-corrected chi connectivity index (χ4v) is 2.67. The molecule has 0 bridgehead atoms. The molecular formula is C7H4ClF3INO3S. The average Bonchev–Trinajstić information content (AvgIpc) is 2.07. The second-order valence-electron chi connectivity index (χ2n) is 2.88. The zero-order valence-electron chi connectivity index (χ0n) is 8.05. The summed E-state index contributed by atoms with van der Waals surface area (Å²) in [7, 11) is 0.943. The minimum Gasteiger partial charge on any atom is -0.403 e. The van der Waals surface area contributed by atoms with Gasteiger partial charge in [-0.05, 0) is 41.1 Å².